The van der Waals surface area contributed by atoms with Crippen molar-refractivity contribution in [3.63, 3.8) is 0 Å². The van der Waals surface area contributed by atoms with E-state index in [0.29, 0.717) is 19.1 Å². The van der Waals surface area contributed by atoms with Crippen LogP contribution in [0.5, 0.6) is 0 Å². The Labute approximate surface area is 140 Å². The molecule has 0 heterocycles. The Balaban J connectivity index is 1.67. The van der Waals surface area contributed by atoms with Gasteiger partial charge in [0.15, 0.2) is 0 Å². The van der Waals surface area contributed by atoms with Gasteiger partial charge in [0.25, 0.3) is 0 Å². The number of likely N-dealkylation sites (N-methyl/N-ethyl adjacent to an activating group) is 1. The van der Waals surface area contributed by atoms with Crippen LogP contribution in [0.15, 0.2) is 30.3 Å². The van der Waals surface area contributed by atoms with Crippen LogP contribution in [0.4, 0.5) is 0 Å². The molecule has 0 radical (unpaired) electrons. The molecule has 1 aliphatic rings. The molecule has 0 bridgehead atoms. The summed E-state index contributed by atoms with van der Waals surface area (Å²) >= 11 is 0. The maximum Gasteiger partial charge on any atom is 0.227 e. The predicted octanol–water partition coefficient (Wildman–Crippen LogP) is 2.65. The molecule has 1 aromatic rings. The lowest BCUT2D eigenvalue weighted by Gasteiger charge is -2.18. The van der Waals surface area contributed by atoms with Crippen molar-refractivity contribution in [2.75, 3.05) is 39.4 Å². The van der Waals surface area contributed by atoms with Gasteiger partial charge in [-0.3, -0.25) is 4.79 Å². The minimum Gasteiger partial charge on any atom is -0.378 e. The largest absolute Gasteiger partial charge is 0.378 e. The minimum atomic E-state index is 0.00637. The fourth-order valence-electron chi connectivity index (χ4n) is 2.92. The SMILES string of the molecule is CCN(CC)CCOCCNC(=O)C(c1ccccc1)C1CC1. The Morgan fingerprint density at radius 2 is 1.91 bits per heavy atom. The highest BCUT2D eigenvalue weighted by Crippen LogP contribution is 2.42. The van der Waals surface area contributed by atoms with Crippen LogP contribution in [-0.4, -0.2) is 50.2 Å². The molecule has 1 saturated carbocycles. The number of nitrogens with one attached hydrogen (secondary N) is 1. The van der Waals surface area contributed by atoms with Gasteiger partial charge >= 0.3 is 0 Å². The second kappa shape index (κ2) is 9.68. The zero-order valence-corrected chi connectivity index (χ0v) is 14.5. The van der Waals surface area contributed by atoms with Crippen LogP contribution in [-0.2, 0) is 9.53 Å². The van der Waals surface area contributed by atoms with Gasteiger partial charge in [-0.25, -0.2) is 0 Å². The number of amides is 1. The molecule has 0 aliphatic heterocycles. The molecule has 0 aromatic heterocycles. The van der Waals surface area contributed by atoms with Crippen molar-refractivity contribution >= 4 is 5.91 Å². The molecule has 4 heteroatoms. The topological polar surface area (TPSA) is 41.6 Å². The number of hydrogen-bond donors (Lipinski definition) is 1. The summed E-state index contributed by atoms with van der Waals surface area (Å²) in [5.74, 6) is 0.666. The third-order valence-electron chi connectivity index (χ3n) is 4.53. The van der Waals surface area contributed by atoms with E-state index in [1.54, 1.807) is 0 Å². The number of benzene rings is 1. The van der Waals surface area contributed by atoms with Crippen molar-refractivity contribution in [3.05, 3.63) is 35.9 Å². The number of nitrogens with zero attached hydrogens (tertiary/aromatic N) is 1. The molecule has 1 N–H and O–H groups in total. The van der Waals surface area contributed by atoms with Gasteiger partial charge in [0, 0.05) is 13.1 Å². The lowest BCUT2D eigenvalue weighted by atomic mass is 9.93. The molecule has 128 valence electrons. The number of ether oxygens (including phenoxy) is 1. The Kier molecular flexibility index (Phi) is 7.56. The quantitative estimate of drug-likeness (QED) is 0.638. The summed E-state index contributed by atoms with van der Waals surface area (Å²) in [4.78, 5) is 14.8. The van der Waals surface area contributed by atoms with Crippen LogP contribution in [0.3, 0.4) is 0 Å². The summed E-state index contributed by atoms with van der Waals surface area (Å²) in [5.41, 5.74) is 1.13. The van der Waals surface area contributed by atoms with Crippen LogP contribution in [0.1, 0.15) is 38.2 Å². The first-order valence-electron chi connectivity index (χ1n) is 8.89. The van der Waals surface area contributed by atoms with E-state index in [4.69, 9.17) is 4.74 Å². The van der Waals surface area contributed by atoms with Crippen LogP contribution < -0.4 is 5.32 Å². The highest BCUT2D eigenvalue weighted by Gasteiger charge is 2.36. The van der Waals surface area contributed by atoms with Gasteiger partial charge in [-0.1, -0.05) is 44.2 Å². The molecule has 4 nitrogen and oxygen atoms in total. The van der Waals surface area contributed by atoms with Gasteiger partial charge in [0.05, 0.1) is 19.1 Å². The highest BCUT2D eigenvalue weighted by atomic mass is 16.5. The first kappa shape index (κ1) is 18.0. The standard InChI is InChI=1S/C19H30N2O2/c1-3-21(4-2)13-15-23-14-12-20-19(22)18(17-10-11-17)16-8-6-5-7-9-16/h5-9,17-18H,3-4,10-15H2,1-2H3,(H,20,22). The lowest BCUT2D eigenvalue weighted by Crippen LogP contribution is -2.33. The molecule has 1 aliphatic carbocycles. The van der Waals surface area contributed by atoms with Crippen molar-refractivity contribution < 1.29 is 9.53 Å². The average Bonchev–Trinajstić information content (AvgIpc) is 3.40. The molecule has 0 spiro atoms. The molecule has 1 amide bonds. The number of rotatable bonds is 11. The zero-order chi connectivity index (χ0) is 16.5. The van der Waals surface area contributed by atoms with E-state index in [2.05, 4.69) is 36.2 Å². The molecular formula is C19H30N2O2. The van der Waals surface area contributed by atoms with Gasteiger partial charge in [0.1, 0.15) is 0 Å². The van der Waals surface area contributed by atoms with Gasteiger partial charge in [-0.05, 0) is 37.4 Å². The third-order valence-corrected chi connectivity index (χ3v) is 4.53. The first-order chi connectivity index (χ1) is 11.3. The lowest BCUT2D eigenvalue weighted by molar-refractivity contribution is -0.123. The first-order valence-corrected chi connectivity index (χ1v) is 8.89. The Hall–Kier alpha value is -1.39. The molecule has 1 fully saturated rings. The molecule has 0 saturated heterocycles. The van der Waals surface area contributed by atoms with E-state index in [9.17, 15) is 4.79 Å². The second-order valence-electron chi connectivity index (χ2n) is 6.16. The number of carbonyl (C=O) groups is 1. The zero-order valence-electron chi connectivity index (χ0n) is 14.5. The Morgan fingerprint density at radius 1 is 1.22 bits per heavy atom. The normalized spacial score (nSPS) is 15.6. The summed E-state index contributed by atoms with van der Waals surface area (Å²) in [6.45, 7) is 9.27. The van der Waals surface area contributed by atoms with E-state index in [1.807, 2.05) is 18.2 Å². The summed E-state index contributed by atoms with van der Waals surface area (Å²) in [6.07, 6.45) is 2.32. The van der Waals surface area contributed by atoms with Crippen molar-refractivity contribution in [2.24, 2.45) is 5.92 Å². The summed E-state index contributed by atoms with van der Waals surface area (Å²) < 4.78 is 5.62. The van der Waals surface area contributed by atoms with E-state index >= 15 is 0 Å². The van der Waals surface area contributed by atoms with Gasteiger partial charge < -0.3 is 15.0 Å². The van der Waals surface area contributed by atoms with E-state index in [1.165, 1.54) is 0 Å². The molecule has 1 atom stereocenters. The summed E-state index contributed by atoms with van der Waals surface area (Å²) in [7, 11) is 0. The van der Waals surface area contributed by atoms with Crippen molar-refractivity contribution in [1.29, 1.82) is 0 Å². The Bertz CT molecular complexity index is 456. The van der Waals surface area contributed by atoms with E-state index < -0.39 is 0 Å². The predicted molar refractivity (Wildman–Crippen MR) is 93.5 cm³/mol. The number of hydrogen-bond acceptors (Lipinski definition) is 3. The fourth-order valence-corrected chi connectivity index (χ4v) is 2.92. The van der Waals surface area contributed by atoms with Gasteiger partial charge in [0.2, 0.25) is 5.91 Å². The smallest absolute Gasteiger partial charge is 0.227 e. The maximum absolute atomic E-state index is 12.5. The van der Waals surface area contributed by atoms with Crippen LogP contribution in [0.25, 0.3) is 0 Å². The van der Waals surface area contributed by atoms with Crippen LogP contribution in [0.2, 0.25) is 0 Å². The van der Waals surface area contributed by atoms with Crippen LogP contribution in [0, 0.1) is 5.92 Å². The monoisotopic (exact) mass is 318 g/mol. The minimum absolute atomic E-state index is 0.00637. The van der Waals surface area contributed by atoms with Crippen LogP contribution >= 0.6 is 0 Å². The molecule has 23 heavy (non-hydrogen) atoms. The highest BCUT2D eigenvalue weighted by molar-refractivity contribution is 5.84. The maximum atomic E-state index is 12.5. The fraction of sp³-hybridized carbons (Fsp3) is 0.632. The van der Waals surface area contributed by atoms with Crippen molar-refractivity contribution in [3.8, 4) is 0 Å². The second-order valence-corrected chi connectivity index (χ2v) is 6.16. The Morgan fingerprint density at radius 3 is 2.52 bits per heavy atom. The average molecular weight is 318 g/mol. The summed E-state index contributed by atoms with van der Waals surface area (Å²) in [5, 5.41) is 3.04. The van der Waals surface area contributed by atoms with E-state index in [0.717, 1.165) is 44.6 Å². The van der Waals surface area contributed by atoms with E-state index in [-0.39, 0.29) is 11.8 Å². The molecule has 1 aromatic carbocycles. The van der Waals surface area contributed by atoms with Crippen molar-refractivity contribution in [2.45, 2.75) is 32.6 Å². The van der Waals surface area contributed by atoms with Gasteiger partial charge in [-0.15, -0.1) is 0 Å². The molecule has 2 rings (SSSR count). The summed E-state index contributed by atoms with van der Waals surface area (Å²) in [6, 6.07) is 10.1. The third kappa shape index (κ3) is 5.96. The van der Waals surface area contributed by atoms with Gasteiger partial charge in [-0.2, -0.15) is 0 Å². The molecular weight excluding hydrogens is 288 g/mol. The number of carbonyl (C=O) groups excluding carboxylic acids is 1. The molecule has 1 unspecified atom stereocenters. The van der Waals surface area contributed by atoms with Crippen molar-refractivity contribution in [1.82, 2.24) is 10.2 Å².